The van der Waals surface area contributed by atoms with Crippen molar-refractivity contribution in [3.63, 3.8) is 0 Å². The second-order valence-electron chi connectivity index (χ2n) is 3.71. The molecular formula is C11H11BrFNO2. The fraction of sp³-hybridized carbons (Fsp3) is 0.364. The van der Waals surface area contributed by atoms with Gasteiger partial charge in [-0.15, -0.1) is 0 Å². The van der Waals surface area contributed by atoms with Gasteiger partial charge < -0.3 is 10.0 Å². The number of hydrogen-bond donors (Lipinski definition) is 1. The number of amides is 1. The summed E-state index contributed by atoms with van der Waals surface area (Å²) in [4.78, 5) is 12.8. The Kier molecular flexibility index (Phi) is 3.25. The highest BCUT2D eigenvalue weighted by molar-refractivity contribution is 9.10. The molecule has 1 N–H and O–H groups in total. The molecule has 0 aliphatic carbocycles. The Labute approximate surface area is 101 Å². The largest absolute Gasteiger partial charge is 0.387 e. The fourth-order valence-corrected chi connectivity index (χ4v) is 2.48. The molecule has 0 spiro atoms. The Morgan fingerprint density at radius 1 is 1.50 bits per heavy atom. The molecular weight excluding hydrogens is 277 g/mol. The molecule has 1 aliphatic heterocycles. The zero-order valence-corrected chi connectivity index (χ0v) is 10.1. The van der Waals surface area contributed by atoms with Gasteiger partial charge in [0.2, 0.25) is 5.91 Å². The number of carbonyl (C=O) groups is 1. The summed E-state index contributed by atoms with van der Waals surface area (Å²) in [7, 11) is 0. The molecule has 86 valence electrons. The quantitative estimate of drug-likeness (QED) is 0.850. The molecule has 2 rings (SSSR count). The fourth-order valence-electron chi connectivity index (χ4n) is 1.91. The van der Waals surface area contributed by atoms with Crippen LogP contribution in [0.5, 0.6) is 0 Å². The van der Waals surface area contributed by atoms with Crippen molar-refractivity contribution >= 4 is 21.8 Å². The highest BCUT2D eigenvalue weighted by Crippen LogP contribution is 2.28. The Balaban J connectivity index is 2.33. The van der Waals surface area contributed by atoms with Crippen molar-refractivity contribution in [3.8, 4) is 0 Å². The summed E-state index contributed by atoms with van der Waals surface area (Å²) in [5.74, 6) is -0.654. The van der Waals surface area contributed by atoms with E-state index in [1.165, 1.54) is 11.0 Å². The predicted octanol–water partition coefficient (Wildman–Crippen LogP) is 1.47. The van der Waals surface area contributed by atoms with Gasteiger partial charge in [-0.05, 0) is 24.1 Å². The molecule has 1 aliphatic rings. The topological polar surface area (TPSA) is 40.5 Å². The van der Waals surface area contributed by atoms with Crippen molar-refractivity contribution in [2.75, 3.05) is 13.2 Å². The van der Waals surface area contributed by atoms with E-state index in [1.54, 1.807) is 6.07 Å². The third-order valence-corrected chi connectivity index (χ3v) is 3.53. The number of hydrogen-bond acceptors (Lipinski definition) is 2. The summed E-state index contributed by atoms with van der Waals surface area (Å²) in [5.41, 5.74) is 1.46. The van der Waals surface area contributed by atoms with Gasteiger partial charge in [0.05, 0.1) is 0 Å². The first-order valence-corrected chi connectivity index (χ1v) is 5.77. The van der Waals surface area contributed by atoms with E-state index in [0.717, 1.165) is 10.0 Å². The van der Waals surface area contributed by atoms with Crippen LogP contribution < -0.4 is 0 Å². The van der Waals surface area contributed by atoms with Gasteiger partial charge in [-0.2, -0.15) is 0 Å². The number of fused-ring (bicyclic) bond motifs is 1. The molecule has 1 aromatic carbocycles. The van der Waals surface area contributed by atoms with Gasteiger partial charge in [0.25, 0.3) is 0 Å². The van der Waals surface area contributed by atoms with Crippen molar-refractivity contribution in [3.05, 3.63) is 33.5 Å². The van der Waals surface area contributed by atoms with E-state index in [-0.39, 0.29) is 18.3 Å². The minimum atomic E-state index is -0.523. The minimum Gasteiger partial charge on any atom is -0.387 e. The molecule has 0 saturated carbocycles. The summed E-state index contributed by atoms with van der Waals surface area (Å²) >= 11 is 3.37. The number of halogens is 2. The van der Waals surface area contributed by atoms with E-state index in [4.69, 9.17) is 5.11 Å². The van der Waals surface area contributed by atoms with E-state index in [0.29, 0.717) is 18.5 Å². The molecule has 0 bridgehead atoms. The van der Waals surface area contributed by atoms with Gasteiger partial charge in [0.1, 0.15) is 12.4 Å². The Hall–Kier alpha value is -0.940. The molecule has 1 amide bonds. The zero-order chi connectivity index (χ0) is 11.7. The predicted molar refractivity (Wildman–Crippen MR) is 60.3 cm³/mol. The molecule has 3 nitrogen and oxygen atoms in total. The lowest BCUT2D eigenvalue weighted by molar-refractivity contribution is -0.135. The normalized spacial score (nSPS) is 14.8. The number of carbonyl (C=O) groups excluding carboxylic acids is 1. The zero-order valence-electron chi connectivity index (χ0n) is 8.54. The minimum absolute atomic E-state index is 0.236. The highest BCUT2D eigenvalue weighted by atomic mass is 79.9. The van der Waals surface area contributed by atoms with E-state index in [1.807, 2.05) is 0 Å². The molecule has 16 heavy (non-hydrogen) atoms. The molecule has 0 fully saturated rings. The first kappa shape index (κ1) is 11.5. The van der Waals surface area contributed by atoms with E-state index in [9.17, 15) is 9.18 Å². The molecule has 0 saturated heterocycles. The van der Waals surface area contributed by atoms with Crippen LogP contribution in [0, 0.1) is 5.82 Å². The maximum absolute atomic E-state index is 13.6. The summed E-state index contributed by atoms with van der Waals surface area (Å²) in [5, 5.41) is 8.76. The van der Waals surface area contributed by atoms with Crippen LogP contribution in [0.1, 0.15) is 11.1 Å². The maximum atomic E-state index is 13.6. The van der Waals surface area contributed by atoms with Crippen LogP contribution in [0.4, 0.5) is 4.39 Å². The molecule has 0 unspecified atom stereocenters. The molecule has 1 aromatic rings. The van der Waals surface area contributed by atoms with E-state index in [2.05, 4.69) is 15.9 Å². The van der Waals surface area contributed by atoms with E-state index >= 15 is 0 Å². The van der Waals surface area contributed by atoms with Crippen LogP contribution in [-0.4, -0.2) is 29.1 Å². The van der Waals surface area contributed by atoms with Gasteiger partial charge in [-0.1, -0.05) is 15.9 Å². The number of benzene rings is 1. The number of nitrogens with zero attached hydrogens (tertiary/aromatic N) is 1. The summed E-state index contributed by atoms with van der Waals surface area (Å²) in [6.07, 6.45) is 0.611. The third kappa shape index (κ3) is 1.97. The van der Waals surface area contributed by atoms with Crippen LogP contribution in [-0.2, 0) is 17.8 Å². The van der Waals surface area contributed by atoms with E-state index < -0.39 is 6.61 Å². The average molecular weight is 288 g/mol. The third-order valence-electron chi connectivity index (χ3n) is 2.79. The van der Waals surface area contributed by atoms with Gasteiger partial charge in [-0.3, -0.25) is 4.79 Å². The standard InChI is InChI=1S/C11H11BrFNO2/c12-9-1-2-10(13)8-5-14(11(16)6-15)4-3-7(8)9/h1-2,15H,3-6H2. The van der Waals surface area contributed by atoms with Crippen LogP contribution in [0.2, 0.25) is 0 Å². The Morgan fingerprint density at radius 2 is 2.25 bits per heavy atom. The van der Waals surface area contributed by atoms with Crippen LogP contribution in [0.15, 0.2) is 16.6 Å². The second-order valence-corrected chi connectivity index (χ2v) is 4.56. The molecule has 0 aromatic heterocycles. The van der Waals surface area contributed by atoms with Gasteiger partial charge in [0.15, 0.2) is 0 Å². The van der Waals surface area contributed by atoms with Crippen LogP contribution >= 0.6 is 15.9 Å². The smallest absolute Gasteiger partial charge is 0.248 e. The highest BCUT2D eigenvalue weighted by Gasteiger charge is 2.23. The molecule has 0 radical (unpaired) electrons. The van der Waals surface area contributed by atoms with Crippen LogP contribution in [0.25, 0.3) is 0 Å². The lowest BCUT2D eigenvalue weighted by atomic mass is 9.99. The maximum Gasteiger partial charge on any atom is 0.248 e. The van der Waals surface area contributed by atoms with Crippen molar-refractivity contribution in [2.24, 2.45) is 0 Å². The van der Waals surface area contributed by atoms with Crippen molar-refractivity contribution < 1.29 is 14.3 Å². The lowest BCUT2D eigenvalue weighted by Gasteiger charge is -2.29. The number of rotatable bonds is 1. The van der Waals surface area contributed by atoms with Crippen molar-refractivity contribution in [1.82, 2.24) is 4.90 Å². The summed E-state index contributed by atoms with van der Waals surface area (Å²) < 4.78 is 14.4. The Morgan fingerprint density at radius 3 is 2.94 bits per heavy atom. The number of aliphatic hydroxyl groups excluding tert-OH is 1. The number of aliphatic hydroxyl groups is 1. The first-order valence-electron chi connectivity index (χ1n) is 4.98. The summed E-state index contributed by atoms with van der Waals surface area (Å²) in [6, 6.07) is 3.06. The molecule has 5 heteroatoms. The molecule has 0 atom stereocenters. The van der Waals surface area contributed by atoms with Gasteiger partial charge in [-0.25, -0.2) is 4.39 Å². The van der Waals surface area contributed by atoms with Crippen LogP contribution in [0.3, 0.4) is 0 Å². The summed E-state index contributed by atoms with van der Waals surface area (Å²) in [6.45, 7) is 0.236. The SMILES string of the molecule is O=C(CO)N1CCc2c(Br)ccc(F)c2C1. The van der Waals surface area contributed by atoms with Crippen molar-refractivity contribution in [1.29, 1.82) is 0 Å². The first-order chi connectivity index (χ1) is 7.63. The second kappa shape index (κ2) is 4.51. The lowest BCUT2D eigenvalue weighted by Crippen LogP contribution is -2.38. The molecule has 1 heterocycles. The Bertz CT molecular complexity index is 436. The van der Waals surface area contributed by atoms with Crippen molar-refractivity contribution in [2.45, 2.75) is 13.0 Å². The van der Waals surface area contributed by atoms with Gasteiger partial charge >= 0.3 is 0 Å². The van der Waals surface area contributed by atoms with Gasteiger partial charge in [0, 0.05) is 23.1 Å². The average Bonchev–Trinajstić information content (AvgIpc) is 2.32. The monoisotopic (exact) mass is 287 g/mol.